The summed E-state index contributed by atoms with van der Waals surface area (Å²) < 4.78 is 0. The summed E-state index contributed by atoms with van der Waals surface area (Å²) >= 11 is 6.05. The lowest BCUT2D eigenvalue weighted by atomic mass is 9.90. The van der Waals surface area contributed by atoms with Gasteiger partial charge in [-0.3, -0.25) is 4.79 Å². The molecule has 0 saturated heterocycles. The summed E-state index contributed by atoms with van der Waals surface area (Å²) in [6.07, 6.45) is 0. The summed E-state index contributed by atoms with van der Waals surface area (Å²) in [7, 11) is 0. The Bertz CT molecular complexity index is 999. The fourth-order valence-corrected chi connectivity index (χ4v) is 3.52. The topological polar surface area (TPSA) is 75.3 Å². The van der Waals surface area contributed by atoms with Gasteiger partial charge in [0.1, 0.15) is 5.75 Å². The van der Waals surface area contributed by atoms with Gasteiger partial charge in [-0.25, -0.2) is 0 Å². The predicted molar refractivity (Wildman–Crippen MR) is 103 cm³/mol. The molecule has 1 aliphatic heterocycles. The third-order valence-corrected chi connectivity index (χ3v) is 4.94. The number of amides is 1. The van der Waals surface area contributed by atoms with E-state index < -0.39 is 5.92 Å². The molecule has 1 unspecified atom stereocenters. The SMILES string of the molecule is NCc1ccc(-c2ccc3c(c2)NC(=O)C3c2cc(Cl)ccc2O)cc1. The van der Waals surface area contributed by atoms with Crippen molar-refractivity contribution < 1.29 is 9.90 Å². The number of carbonyl (C=O) groups is 1. The molecule has 4 rings (SSSR count). The Balaban J connectivity index is 1.74. The number of nitrogens with one attached hydrogen (secondary N) is 1. The molecule has 0 bridgehead atoms. The highest BCUT2D eigenvalue weighted by atomic mass is 35.5. The van der Waals surface area contributed by atoms with Crippen molar-refractivity contribution in [2.24, 2.45) is 5.73 Å². The smallest absolute Gasteiger partial charge is 0.236 e. The second kappa shape index (κ2) is 6.48. The zero-order chi connectivity index (χ0) is 18.3. The minimum absolute atomic E-state index is 0.0591. The maximum absolute atomic E-state index is 12.5. The van der Waals surface area contributed by atoms with E-state index in [1.54, 1.807) is 12.1 Å². The van der Waals surface area contributed by atoms with Gasteiger partial charge in [0.25, 0.3) is 0 Å². The molecule has 3 aromatic carbocycles. The molecule has 4 N–H and O–H groups in total. The van der Waals surface area contributed by atoms with Gasteiger partial charge in [0.15, 0.2) is 0 Å². The molecule has 1 aliphatic rings. The molecule has 3 aromatic rings. The predicted octanol–water partition coefficient (Wildman–Crippen LogP) is 4.26. The molecule has 1 atom stereocenters. The van der Waals surface area contributed by atoms with E-state index in [2.05, 4.69) is 5.32 Å². The van der Waals surface area contributed by atoms with Crippen LogP contribution in [-0.2, 0) is 11.3 Å². The molecule has 0 spiro atoms. The van der Waals surface area contributed by atoms with Gasteiger partial charge < -0.3 is 16.2 Å². The van der Waals surface area contributed by atoms with Gasteiger partial charge in [0.2, 0.25) is 5.91 Å². The maximum Gasteiger partial charge on any atom is 0.236 e. The summed E-state index contributed by atoms with van der Waals surface area (Å²) in [6, 6.07) is 18.6. The van der Waals surface area contributed by atoms with Crippen LogP contribution >= 0.6 is 11.6 Å². The van der Waals surface area contributed by atoms with E-state index in [-0.39, 0.29) is 11.7 Å². The Labute approximate surface area is 156 Å². The highest BCUT2D eigenvalue weighted by molar-refractivity contribution is 6.30. The monoisotopic (exact) mass is 364 g/mol. The van der Waals surface area contributed by atoms with Crippen molar-refractivity contribution in [1.82, 2.24) is 0 Å². The Morgan fingerprint density at radius 1 is 0.962 bits per heavy atom. The number of benzene rings is 3. The Hall–Kier alpha value is -2.82. The van der Waals surface area contributed by atoms with Gasteiger partial charge in [-0.2, -0.15) is 0 Å². The average Bonchev–Trinajstić information content (AvgIpc) is 2.98. The minimum atomic E-state index is -0.572. The number of phenolic OH excluding ortho intramolecular Hbond substituents is 1. The van der Waals surface area contributed by atoms with Crippen molar-refractivity contribution in [3.8, 4) is 16.9 Å². The molecule has 0 aromatic heterocycles. The number of aromatic hydroxyl groups is 1. The van der Waals surface area contributed by atoms with Crippen LogP contribution in [-0.4, -0.2) is 11.0 Å². The zero-order valence-electron chi connectivity index (χ0n) is 13.9. The molecule has 1 amide bonds. The van der Waals surface area contributed by atoms with Crippen LogP contribution in [0.4, 0.5) is 5.69 Å². The van der Waals surface area contributed by atoms with Gasteiger partial charge >= 0.3 is 0 Å². The second-order valence-electron chi connectivity index (χ2n) is 6.33. The van der Waals surface area contributed by atoms with E-state index in [9.17, 15) is 9.90 Å². The van der Waals surface area contributed by atoms with Crippen molar-refractivity contribution in [2.75, 3.05) is 5.32 Å². The zero-order valence-corrected chi connectivity index (χ0v) is 14.6. The van der Waals surface area contributed by atoms with E-state index in [1.807, 2.05) is 42.5 Å². The average molecular weight is 365 g/mol. The van der Waals surface area contributed by atoms with Crippen molar-refractivity contribution in [3.05, 3.63) is 82.4 Å². The third-order valence-electron chi connectivity index (χ3n) is 4.71. The number of hydrogen-bond donors (Lipinski definition) is 3. The van der Waals surface area contributed by atoms with Gasteiger partial charge in [0, 0.05) is 22.8 Å². The molecule has 130 valence electrons. The van der Waals surface area contributed by atoms with Crippen LogP contribution in [0.2, 0.25) is 5.02 Å². The summed E-state index contributed by atoms with van der Waals surface area (Å²) in [5, 5.41) is 13.6. The van der Waals surface area contributed by atoms with Gasteiger partial charge in [-0.1, -0.05) is 48.0 Å². The highest BCUT2D eigenvalue weighted by Crippen LogP contribution is 2.42. The number of rotatable bonds is 3. The van der Waals surface area contributed by atoms with Crippen molar-refractivity contribution in [2.45, 2.75) is 12.5 Å². The quantitative estimate of drug-likeness (QED) is 0.650. The molecule has 26 heavy (non-hydrogen) atoms. The van der Waals surface area contributed by atoms with Crippen LogP contribution in [0.15, 0.2) is 60.7 Å². The van der Waals surface area contributed by atoms with Crippen LogP contribution in [0.25, 0.3) is 11.1 Å². The largest absolute Gasteiger partial charge is 0.508 e. The van der Waals surface area contributed by atoms with E-state index in [0.29, 0.717) is 17.1 Å². The molecule has 0 radical (unpaired) electrons. The summed E-state index contributed by atoms with van der Waals surface area (Å²) in [4.78, 5) is 12.5. The number of phenols is 1. The standard InChI is InChI=1S/C21H17ClN2O2/c22-15-6-8-19(25)17(10-15)20-16-7-5-14(9-18(16)24-21(20)26)13-3-1-12(11-23)2-4-13/h1-10,20,25H,11,23H2,(H,24,26). The Morgan fingerprint density at radius 2 is 1.69 bits per heavy atom. The van der Waals surface area contributed by atoms with Gasteiger partial charge in [0.05, 0.1) is 5.92 Å². The molecular weight excluding hydrogens is 348 g/mol. The fourth-order valence-electron chi connectivity index (χ4n) is 3.34. The van der Waals surface area contributed by atoms with E-state index >= 15 is 0 Å². The summed E-state index contributed by atoms with van der Waals surface area (Å²) in [5.74, 6) is -0.686. The lowest BCUT2D eigenvalue weighted by Crippen LogP contribution is -2.13. The lowest BCUT2D eigenvalue weighted by Gasteiger charge is -2.12. The maximum atomic E-state index is 12.5. The van der Waals surface area contributed by atoms with Crippen LogP contribution < -0.4 is 11.1 Å². The second-order valence-corrected chi connectivity index (χ2v) is 6.76. The van der Waals surface area contributed by atoms with Crippen LogP contribution in [0.1, 0.15) is 22.6 Å². The number of nitrogens with two attached hydrogens (primary N) is 1. The van der Waals surface area contributed by atoms with Gasteiger partial charge in [-0.05, 0) is 46.5 Å². The lowest BCUT2D eigenvalue weighted by molar-refractivity contribution is -0.116. The fraction of sp³-hybridized carbons (Fsp3) is 0.0952. The first-order chi connectivity index (χ1) is 12.6. The van der Waals surface area contributed by atoms with Crippen LogP contribution in [0.5, 0.6) is 5.75 Å². The molecule has 1 heterocycles. The third kappa shape index (κ3) is 2.83. The number of hydrogen-bond acceptors (Lipinski definition) is 3. The van der Waals surface area contributed by atoms with E-state index in [0.717, 1.165) is 27.9 Å². The first-order valence-corrected chi connectivity index (χ1v) is 8.67. The van der Waals surface area contributed by atoms with Gasteiger partial charge in [-0.15, -0.1) is 0 Å². The molecule has 0 fully saturated rings. The first-order valence-electron chi connectivity index (χ1n) is 8.29. The summed E-state index contributed by atoms with van der Waals surface area (Å²) in [6.45, 7) is 0.505. The van der Waals surface area contributed by atoms with Crippen LogP contribution in [0.3, 0.4) is 0 Å². The molecule has 0 aliphatic carbocycles. The van der Waals surface area contributed by atoms with Crippen molar-refractivity contribution in [1.29, 1.82) is 0 Å². The first kappa shape index (κ1) is 16.6. The molecular formula is C21H17ClN2O2. The number of carbonyl (C=O) groups excluding carboxylic acids is 1. The van der Waals surface area contributed by atoms with E-state index in [1.165, 1.54) is 6.07 Å². The highest BCUT2D eigenvalue weighted by Gasteiger charge is 2.34. The molecule has 4 nitrogen and oxygen atoms in total. The number of anilines is 1. The van der Waals surface area contributed by atoms with Crippen molar-refractivity contribution >= 4 is 23.2 Å². The van der Waals surface area contributed by atoms with Crippen molar-refractivity contribution in [3.63, 3.8) is 0 Å². The number of halogens is 1. The molecule has 5 heteroatoms. The number of fused-ring (bicyclic) bond motifs is 1. The minimum Gasteiger partial charge on any atom is -0.508 e. The Kier molecular flexibility index (Phi) is 4.15. The Morgan fingerprint density at radius 3 is 2.42 bits per heavy atom. The normalized spacial score (nSPS) is 15.6. The van der Waals surface area contributed by atoms with E-state index in [4.69, 9.17) is 17.3 Å². The van der Waals surface area contributed by atoms with Crippen LogP contribution in [0, 0.1) is 0 Å². The summed E-state index contributed by atoms with van der Waals surface area (Å²) in [5.41, 5.74) is 10.9. The molecule has 0 saturated carbocycles.